The number of carbonyl (C=O) groups is 1. The second-order valence-corrected chi connectivity index (χ2v) is 8.57. The van der Waals surface area contributed by atoms with Gasteiger partial charge in [0.15, 0.2) is 0 Å². The minimum absolute atomic E-state index is 0.0212. The average Bonchev–Trinajstić information content (AvgIpc) is 2.70. The number of piperazine rings is 1. The number of rotatable bonds is 7. The smallest absolute Gasteiger partial charge is 0.238 e. The van der Waals surface area contributed by atoms with Gasteiger partial charge < -0.3 is 5.32 Å². The number of nitrogens with zero attached hydrogens (tertiary/aromatic N) is 2. The predicted molar refractivity (Wildman–Crippen MR) is 115 cm³/mol. The van der Waals surface area contributed by atoms with E-state index in [4.69, 9.17) is 5.14 Å². The Bertz CT molecular complexity index is 936. The van der Waals surface area contributed by atoms with Crippen LogP contribution in [-0.4, -0.2) is 63.4 Å². The summed E-state index contributed by atoms with van der Waals surface area (Å²) in [5.41, 5.74) is 1.74. The highest BCUT2D eigenvalue weighted by Gasteiger charge is 2.18. The lowest BCUT2D eigenvalue weighted by molar-refractivity contribution is -0.117. The molecule has 1 saturated heterocycles. The van der Waals surface area contributed by atoms with Gasteiger partial charge in [-0.1, -0.05) is 42.5 Å². The van der Waals surface area contributed by atoms with Crippen LogP contribution in [0.3, 0.4) is 0 Å². The summed E-state index contributed by atoms with van der Waals surface area (Å²) >= 11 is 0. The number of hydrogen-bond acceptors (Lipinski definition) is 5. The maximum absolute atomic E-state index is 12.3. The van der Waals surface area contributed by atoms with Crippen molar-refractivity contribution in [2.24, 2.45) is 5.14 Å². The molecule has 29 heavy (non-hydrogen) atoms. The van der Waals surface area contributed by atoms with E-state index in [1.54, 1.807) is 0 Å². The molecule has 1 aliphatic rings. The standard InChI is InChI=1S/C21H26N4O3S/c22-29(27,28)20-10-8-19(9-11-20)23-21(26)17-25-15-13-24(14-16-25)12-4-7-18-5-2-1-3-6-18/h1-11H,12-17H2,(H,23,26)(H2,22,27,28). The summed E-state index contributed by atoms with van der Waals surface area (Å²) in [5, 5.41) is 7.86. The van der Waals surface area contributed by atoms with Crippen LogP contribution in [0.4, 0.5) is 5.69 Å². The molecule has 2 aromatic carbocycles. The number of nitrogens with two attached hydrogens (primary N) is 1. The molecule has 0 atom stereocenters. The van der Waals surface area contributed by atoms with Crippen LogP contribution in [0, 0.1) is 0 Å². The zero-order valence-corrected chi connectivity index (χ0v) is 17.0. The lowest BCUT2D eigenvalue weighted by Gasteiger charge is -2.33. The first-order chi connectivity index (χ1) is 13.9. The molecule has 0 radical (unpaired) electrons. The average molecular weight is 415 g/mol. The van der Waals surface area contributed by atoms with Gasteiger partial charge in [-0.05, 0) is 29.8 Å². The Morgan fingerprint density at radius 3 is 2.21 bits per heavy atom. The van der Waals surface area contributed by atoms with E-state index in [0.717, 1.165) is 32.7 Å². The minimum atomic E-state index is -3.73. The molecule has 0 spiro atoms. The van der Waals surface area contributed by atoms with E-state index in [1.807, 2.05) is 18.2 Å². The maximum Gasteiger partial charge on any atom is 0.238 e. The molecule has 0 bridgehead atoms. The lowest BCUT2D eigenvalue weighted by Crippen LogP contribution is -2.48. The normalized spacial score (nSPS) is 16.2. The maximum atomic E-state index is 12.3. The third kappa shape index (κ3) is 6.79. The van der Waals surface area contributed by atoms with Crippen LogP contribution in [-0.2, 0) is 14.8 Å². The summed E-state index contributed by atoms with van der Waals surface area (Å²) in [6, 6.07) is 16.1. The minimum Gasteiger partial charge on any atom is -0.325 e. The Morgan fingerprint density at radius 1 is 0.966 bits per heavy atom. The number of nitrogens with one attached hydrogen (secondary N) is 1. The van der Waals surface area contributed by atoms with E-state index < -0.39 is 10.0 Å². The van der Waals surface area contributed by atoms with Crippen LogP contribution >= 0.6 is 0 Å². The van der Waals surface area contributed by atoms with E-state index in [0.29, 0.717) is 12.2 Å². The zero-order valence-electron chi connectivity index (χ0n) is 16.2. The summed E-state index contributed by atoms with van der Waals surface area (Å²) in [6.45, 7) is 4.69. The fourth-order valence-corrected chi connectivity index (χ4v) is 3.68. The molecule has 1 fully saturated rings. The van der Waals surface area contributed by atoms with Gasteiger partial charge in [0, 0.05) is 38.4 Å². The van der Waals surface area contributed by atoms with Crippen LogP contribution in [0.1, 0.15) is 5.56 Å². The van der Waals surface area contributed by atoms with Crippen molar-refractivity contribution in [1.82, 2.24) is 9.80 Å². The summed E-state index contributed by atoms with van der Waals surface area (Å²) in [5.74, 6) is -0.120. The van der Waals surface area contributed by atoms with Gasteiger partial charge in [-0.3, -0.25) is 14.6 Å². The van der Waals surface area contributed by atoms with Gasteiger partial charge in [0.2, 0.25) is 15.9 Å². The molecule has 3 N–H and O–H groups in total. The number of amides is 1. The first-order valence-electron chi connectivity index (χ1n) is 9.49. The number of carbonyl (C=O) groups excluding carboxylic acids is 1. The zero-order chi connectivity index (χ0) is 20.7. The molecule has 1 amide bonds. The van der Waals surface area contributed by atoms with Crippen LogP contribution in [0.25, 0.3) is 6.08 Å². The Kier molecular flexibility index (Phi) is 7.16. The topological polar surface area (TPSA) is 95.7 Å². The van der Waals surface area contributed by atoms with Crippen LogP contribution < -0.4 is 10.5 Å². The molecule has 1 aliphatic heterocycles. The molecule has 0 aromatic heterocycles. The highest BCUT2D eigenvalue weighted by atomic mass is 32.2. The first-order valence-corrected chi connectivity index (χ1v) is 11.0. The van der Waals surface area contributed by atoms with Crippen molar-refractivity contribution in [2.75, 3.05) is 44.6 Å². The van der Waals surface area contributed by atoms with Crippen molar-refractivity contribution in [3.8, 4) is 0 Å². The van der Waals surface area contributed by atoms with Crippen molar-refractivity contribution >= 4 is 27.7 Å². The third-order valence-corrected chi connectivity index (χ3v) is 5.70. The molecular formula is C21H26N4O3S. The molecule has 0 saturated carbocycles. The summed E-state index contributed by atoms with van der Waals surface area (Å²) < 4.78 is 22.5. The van der Waals surface area contributed by atoms with Crippen LogP contribution in [0.2, 0.25) is 0 Å². The first kappa shape index (κ1) is 21.2. The van der Waals surface area contributed by atoms with E-state index in [9.17, 15) is 13.2 Å². The van der Waals surface area contributed by atoms with Crippen LogP contribution in [0.5, 0.6) is 0 Å². The SMILES string of the molecule is NS(=O)(=O)c1ccc(NC(=O)CN2CCN(CC=Cc3ccccc3)CC2)cc1. The van der Waals surface area contributed by atoms with Crippen molar-refractivity contribution < 1.29 is 13.2 Å². The molecule has 8 heteroatoms. The second kappa shape index (κ2) is 9.80. The second-order valence-electron chi connectivity index (χ2n) is 7.01. The van der Waals surface area contributed by atoms with Crippen molar-refractivity contribution in [3.63, 3.8) is 0 Å². The Hall–Kier alpha value is -2.52. The summed E-state index contributed by atoms with van der Waals surface area (Å²) in [6.07, 6.45) is 4.30. The van der Waals surface area contributed by atoms with Gasteiger partial charge in [0.05, 0.1) is 11.4 Å². The van der Waals surface area contributed by atoms with Crippen molar-refractivity contribution in [3.05, 3.63) is 66.2 Å². The van der Waals surface area contributed by atoms with Crippen molar-refractivity contribution in [1.29, 1.82) is 0 Å². The number of benzene rings is 2. The highest BCUT2D eigenvalue weighted by Crippen LogP contribution is 2.13. The van der Waals surface area contributed by atoms with Gasteiger partial charge >= 0.3 is 0 Å². The lowest BCUT2D eigenvalue weighted by atomic mass is 10.2. The van der Waals surface area contributed by atoms with E-state index >= 15 is 0 Å². The van der Waals surface area contributed by atoms with E-state index in [2.05, 4.69) is 39.4 Å². The Labute approximate surface area is 171 Å². The third-order valence-electron chi connectivity index (χ3n) is 4.77. The molecular weight excluding hydrogens is 388 g/mol. The molecule has 0 unspecified atom stereocenters. The van der Waals surface area contributed by atoms with Crippen LogP contribution in [0.15, 0.2) is 65.6 Å². The molecule has 0 aliphatic carbocycles. The van der Waals surface area contributed by atoms with Gasteiger partial charge in [-0.15, -0.1) is 0 Å². The quantitative estimate of drug-likeness (QED) is 0.718. The molecule has 2 aromatic rings. The highest BCUT2D eigenvalue weighted by molar-refractivity contribution is 7.89. The summed E-state index contributed by atoms with van der Waals surface area (Å²) in [7, 11) is -3.73. The molecule has 7 nitrogen and oxygen atoms in total. The summed E-state index contributed by atoms with van der Waals surface area (Å²) in [4.78, 5) is 16.8. The number of sulfonamides is 1. The fourth-order valence-electron chi connectivity index (χ4n) is 3.16. The van der Waals surface area contributed by atoms with E-state index in [1.165, 1.54) is 29.8 Å². The molecule has 1 heterocycles. The van der Waals surface area contributed by atoms with Gasteiger partial charge in [-0.25, -0.2) is 13.6 Å². The number of anilines is 1. The van der Waals surface area contributed by atoms with Gasteiger partial charge in [0.1, 0.15) is 0 Å². The largest absolute Gasteiger partial charge is 0.325 e. The fraction of sp³-hybridized carbons (Fsp3) is 0.286. The van der Waals surface area contributed by atoms with Gasteiger partial charge in [-0.2, -0.15) is 0 Å². The van der Waals surface area contributed by atoms with Gasteiger partial charge in [0.25, 0.3) is 0 Å². The Morgan fingerprint density at radius 2 is 1.59 bits per heavy atom. The van der Waals surface area contributed by atoms with E-state index in [-0.39, 0.29) is 10.8 Å². The number of hydrogen-bond donors (Lipinski definition) is 2. The molecule has 3 rings (SSSR count). The Balaban J connectivity index is 1.40. The van der Waals surface area contributed by atoms with Crippen molar-refractivity contribution in [2.45, 2.75) is 4.90 Å². The predicted octanol–water partition coefficient (Wildman–Crippen LogP) is 1.60. The monoisotopic (exact) mass is 414 g/mol. The number of primary sulfonamides is 1. The molecule has 154 valence electrons.